The summed E-state index contributed by atoms with van der Waals surface area (Å²) in [7, 11) is 1.74. The van der Waals surface area contributed by atoms with E-state index < -0.39 is 0 Å². The van der Waals surface area contributed by atoms with Gasteiger partial charge in [-0.3, -0.25) is 9.59 Å². The Labute approximate surface area is 154 Å². The lowest BCUT2D eigenvalue weighted by atomic mass is 10.0. The number of hydrogen-bond donors (Lipinski definition) is 0. The van der Waals surface area contributed by atoms with Crippen molar-refractivity contribution in [2.75, 3.05) is 7.05 Å². The van der Waals surface area contributed by atoms with Gasteiger partial charge in [-0.15, -0.1) is 0 Å². The number of aryl methyl sites for hydroxylation is 2. The molecule has 0 atom stereocenters. The van der Waals surface area contributed by atoms with Crippen molar-refractivity contribution in [2.45, 2.75) is 38.6 Å². The molecule has 2 aromatic rings. The van der Waals surface area contributed by atoms with Gasteiger partial charge < -0.3 is 4.90 Å². The van der Waals surface area contributed by atoms with Crippen LogP contribution >= 0.6 is 0 Å². The van der Waals surface area contributed by atoms with Gasteiger partial charge in [-0.1, -0.05) is 24.3 Å². The van der Waals surface area contributed by atoms with Crippen molar-refractivity contribution in [3.05, 3.63) is 70.3 Å². The number of benzene rings is 2. The van der Waals surface area contributed by atoms with Gasteiger partial charge in [0.2, 0.25) is 5.91 Å². The van der Waals surface area contributed by atoms with Crippen molar-refractivity contribution in [1.82, 2.24) is 4.90 Å². The van der Waals surface area contributed by atoms with Crippen molar-refractivity contribution in [1.29, 1.82) is 5.26 Å². The minimum Gasteiger partial charge on any atom is -0.341 e. The number of amides is 1. The molecule has 1 amide bonds. The van der Waals surface area contributed by atoms with Gasteiger partial charge in [-0.25, -0.2) is 0 Å². The summed E-state index contributed by atoms with van der Waals surface area (Å²) in [5.74, 6) is -0.0244. The molecule has 0 saturated carbocycles. The quantitative estimate of drug-likeness (QED) is 0.750. The first-order valence-corrected chi connectivity index (χ1v) is 8.95. The largest absolute Gasteiger partial charge is 0.341 e. The number of hydrogen-bond acceptors (Lipinski definition) is 3. The summed E-state index contributed by atoms with van der Waals surface area (Å²) in [6.07, 6.45) is 3.74. The molecule has 0 fully saturated rings. The van der Waals surface area contributed by atoms with E-state index in [2.05, 4.69) is 12.1 Å². The average molecular weight is 346 g/mol. The number of carbonyl (C=O) groups excluding carboxylic acids is 2. The van der Waals surface area contributed by atoms with Crippen LogP contribution in [0.3, 0.4) is 0 Å². The zero-order valence-electron chi connectivity index (χ0n) is 15.0. The lowest BCUT2D eigenvalue weighted by Gasteiger charge is -2.17. The number of rotatable bonds is 6. The lowest BCUT2D eigenvalue weighted by molar-refractivity contribution is -0.130. The summed E-state index contributed by atoms with van der Waals surface area (Å²) >= 11 is 0. The van der Waals surface area contributed by atoms with E-state index in [0.717, 1.165) is 24.8 Å². The predicted octanol–water partition coefficient (Wildman–Crippen LogP) is 3.67. The number of ketones is 1. The molecule has 0 unspecified atom stereocenters. The molecule has 0 spiro atoms. The summed E-state index contributed by atoms with van der Waals surface area (Å²) in [6.45, 7) is 0.470. The smallest absolute Gasteiger partial charge is 0.223 e. The van der Waals surface area contributed by atoms with Crippen LogP contribution in [0.1, 0.15) is 51.9 Å². The maximum Gasteiger partial charge on any atom is 0.223 e. The minimum absolute atomic E-state index is 0.0276. The van der Waals surface area contributed by atoms with Crippen molar-refractivity contribution in [3.8, 4) is 6.07 Å². The first kappa shape index (κ1) is 17.9. The Morgan fingerprint density at radius 1 is 1.04 bits per heavy atom. The lowest BCUT2D eigenvalue weighted by Crippen LogP contribution is -2.26. The van der Waals surface area contributed by atoms with Gasteiger partial charge in [0.25, 0.3) is 0 Å². The summed E-state index contributed by atoms with van der Waals surface area (Å²) in [4.78, 5) is 26.3. The molecule has 2 aromatic carbocycles. The molecular formula is C22H22N2O2. The second kappa shape index (κ2) is 7.97. The van der Waals surface area contributed by atoms with Crippen LogP contribution < -0.4 is 0 Å². The molecule has 1 aliphatic rings. The molecule has 4 nitrogen and oxygen atoms in total. The first-order valence-electron chi connectivity index (χ1n) is 8.95. The van der Waals surface area contributed by atoms with E-state index in [1.54, 1.807) is 24.1 Å². The summed E-state index contributed by atoms with van der Waals surface area (Å²) in [5.41, 5.74) is 4.90. The Kier molecular flexibility index (Phi) is 5.48. The zero-order valence-corrected chi connectivity index (χ0v) is 15.0. The van der Waals surface area contributed by atoms with Crippen LogP contribution in [-0.2, 0) is 24.2 Å². The number of nitrogens with zero attached hydrogens (tertiary/aromatic N) is 2. The average Bonchev–Trinajstić information content (AvgIpc) is 3.14. The minimum atomic E-state index is -0.0520. The SMILES string of the molecule is CN(Cc1ccc(C#N)cc1)C(=O)CCC(=O)c1ccc2c(c1)CCC2. The van der Waals surface area contributed by atoms with E-state index in [-0.39, 0.29) is 24.5 Å². The topological polar surface area (TPSA) is 61.2 Å². The van der Waals surface area contributed by atoms with E-state index in [1.165, 1.54) is 11.1 Å². The second-order valence-electron chi connectivity index (χ2n) is 6.82. The van der Waals surface area contributed by atoms with Gasteiger partial charge >= 0.3 is 0 Å². The van der Waals surface area contributed by atoms with Crippen LogP contribution in [0, 0.1) is 11.3 Å². The van der Waals surface area contributed by atoms with Crippen LogP contribution in [-0.4, -0.2) is 23.6 Å². The van der Waals surface area contributed by atoms with Crippen molar-refractivity contribution in [2.24, 2.45) is 0 Å². The van der Waals surface area contributed by atoms with Crippen molar-refractivity contribution in [3.63, 3.8) is 0 Å². The van der Waals surface area contributed by atoms with Crippen LogP contribution in [0.25, 0.3) is 0 Å². The molecule has 0 bridgehead atoms. The fourth-order valence-electron chi connectivity index (χ4n) is 3.35. The van der Waals surface area contributed by atoms with Gasteiger partial charge in [0.15, 0.2) is 5.78 Å². The monoisotopic (exact) mass is 346 g/mol. The maximum atomic E-state index is 12.4. The van der Waals surface area contributed by atoms with Crippen LogP contribution in [0.2, 0.25) is 0 Å². The van der Waals surface area contributed by atoms with E-state index >= 15 is 0 Å². The van der Waals surface area contributed by atoms with Gasteiger partial charge in [-0.05, 0) is 54.2 Å². The van der Waals surface area contributed by atoms with E-state index in [1.807, 2.05) is 24.3 Å². The van der Waals surface area contributed by atoms with Gasteiger partial charge in [-0.2, -0.15) is 5.26 Å². The highest BCUT2D eigenvalue weighted by atomic mass is 16.2. The molecule has 0 heterocycles. The molecule has 26 heavy (non-hydrogen) atoms. The highest BCUT2D eigenvalue weighted by molar-refractivity contribution is 5.98. The van der Waals surface area contributed by atoms with Crippen LogP contribution in [0.15, 0.2) is 42.5 Å². The molecule has 0 N–H and O–H groups in total. The van der Waals surface area contributed by atoms with Gasteiger partial charge in [0.05, 0.1) is 11.6 Å². The molecule has 0 radical (unpaired) electrons. The van der Waals surface area contributed by atoms with Crippen LogP contribution in [0.4, 0.5) is 0 Å². The molecule has 0 saturated heterocycles. The maximum absolute atomic E-state index is 12.4. The molecule has 0 aromatic heterocycles. The number of nitriles is 1. The van der Waals surface area contributed by atoms with Crippen molar-refractivity contribution >= 4 is 11.7 Å². The molecule has 0 aliphatic heterocycles. The molecule has 132 valence electrons. The molecule has 4 heteroatoms. The molecule has 1 aliphatic carbocycles. The fourth-order valence-corrected chi connectivity index (χ4v) is 3.35. The molecular weight excluding hydrogens is 324 g/mol. The van der Waals surface area contributed by atoms with Gasteiger partial charge in [0, 0.05) is 32.0 Å². The van der Waals surface area contributed by atoms with E-state index in [0.29, 0.717) is 17.7 Å². The summed E-state index contributed by atoms with van der Waals surface area (Å²) in [5, 5.41) is 8.82. The first-order chi connectivity index (χ1) is 12.6. The van der Waals surface area contributed by atoms with E-state index in [9.17, 15) is 9.59 Å². The Hall–Kier alpha value is -2.93. The second-order valence-corrected chi connectivity index (χ2v) is 6.82. The third kappa shape index (κ3) is 4.18. The van der Waals surface area contributed by atoms with Crippen LogP contribution in [0.5, 0.6) is 0 Å². The third-order valence-corrected chi connectivity index (χ3v) is 4.91. The fraction of sp³-hybridized carbons (Fsp3) is 0.318. The number of carbonyl (C=O) groups is 2. The van der Waals surface area contributed by atoms with Gasteiger partial charge in [0.1, 0.15) is 0 Å². The molecule has 3 rings (SSSR count). The van der Waals surface area contributed by atoms with E-state index in [4.69, 9.17) is 5.26 Å². The number of Topliss-reactive ketones (excluding diaryl/α,β-unsaturated/α-hetero) is 1. The normalized spacial score (nSPS) is 12.3. The number of fused-ring (bicyclic) bond motifs is 1. The summed E-state index contributed by atoms with van der Waals surface area (Å²) in [6, 6.07) is 15.2. The standard InChI is InChI=1S/C22H22N2O2/c1-24(15-17-7-5-16(14-23)6-8-17)22(26)12-11-21(25)20-10-9-18-3-2-4-19(18)13-20/h5-10,13H,2-4,11-12,15H2,1H3. The predicted molar refractivity (Wildman–Crippen MR) is 99.7 cm³/mol. The highest BCUT2D eigenvalue weighted by Crippen LogP contribution is 2.23. The zero-order chi connectivity index (χ0) is 18.5. The Balaban J connectivity index is 1.52. The Morgan fingerprint density at radius 2 is 1.77 bits per heavy atom. The summed E-state index contributed by atoms with van der Waals surface area (Å²) < 4.78 is 0. The third-order valence-electron chi connectivity index (χ3n) is 4.91. The highest BCUT2D eigenvalue weighted by Gasteiger charge is 2.16. The Morgan fingerprint density at radius 3 is 2.50 bits per heavy atom. The van der Waals surface area contributed by atoms with Crippen molar-refractivity contribution < 1.29 is 9.59 Å². The Bertz CT molecular complexity index is 863.